The summed E-state index contributed by atoms with van der Waals surface area (Å²) in [5.41, 5.74) is 5.45. The molecule has 0 unspecified atom stereocenters. The van der Waals surface area contributed by atoms with Gasteiger partial charge in [0.1, 0.15) is 12.7 Å². The molecule has 37 heavy (non-hydrogen) atoms. The predicted octanol–water partition coefficient (Wildman–Crippen LogP) is 5.97. The molecule has 1 amide bonds. The highest BCUT2D eigenvalue weighted by atomic mass is 16.6. The molecular formula is C30H28N4O3. The van der Waals surface area contributed by atoms with Gasteiger partial charge in [-0.05, 0) is 29.3 Å². The Kier molecular flexibility index (Phi) is 6.18. The van der Waals surface area contributed by atoms with Gasteiger partial charge in [0.25, 0.3) is 0 Å². The van der Waals surface area contributed by atoms with Crippen LogP contribution in [0.25, 0.3) is 32.9 Å². The van der Waals surface area contributed by atoms with Gasteiger partial charge in [-0.1, -0.05) is 42.5 Å². The first-order valence-electron chi connectivity index (χ1n) is 12.6. The Bertz CT molecular complexity index is 1540. The fourth-order valence-corrected chi connectivity index (χ4v) is 4.99. The summed E-state index contributed by atoms with van der Waals surface area (Å²) in [6.07, 6.45) is 6.85. The monoisotopic (exact) mass is 492 g/mol. The number of likely N-dealkylation sites (tertiary alicyclic amines) is 1. The zero-order chi connectivity index (χ0) is 25.2. The Balaban J connectivity index is 1.06. The third-order valence-electron chi connectivity index (χ3n) is 7.07. The molecule has 7 heteroatoms. The second-order valence-electron chi connectivity index (χ2n) is 9.41. The number of fused-ring (bicyclic) bond motifs is 3. The molecule has 1 saturated heterocycles. The normalized spacial score (nSPS) is 14.2. The van der Waals surface area contributed by atoms with E-state index in [1.54, 1.807) is 4.90 Å². The molecular weight excluding hydrogens is 464 g/mol. The number of piperidine rings is 1. The molecule has 186 valence electrons. The number of benzene rings is 2. The van der Waals surface area contributed by atoms with Crippen LogP contribution >= 0.6 is 0 Å². The van der Waals surface area contributed by atoms with Gasteiger partial charge >= 0.3 is 6.09 Å². The molecule has 0 spiro atoms. The molecule has 4 heterocycles. The number of rotatable bonds is 5. The maximum Gasteiger partial charge on any atom is 0.410 e. The van der Waals surface area contributed by atoms with Crippen molar-refractivity contribution in [2.24, 2.45) is 7.05 Å². The Morgan fingerprint density at radius 2 is 1.73 bits per heavy atom. The van der Waals surface area contributed by atoms with Crippen LogP contribution in [0.1, 0.15) is 18.4 Å². The molecule has 1 aliphatic heterocycles. The minimum Gasteiger partial charge on any atom is -0.474 e. The Labute approximate surface area is 215 Å². The van der Waals surface area contributed by atoms with E-state index >= 15 is 0 Å². The maximum absolute atomic E-state index is 12.4. The molecule has 5 aromatic rings. The molecule has 6 rings (SSSR count). The van der Waals surface area contributed by atoms with E-state index in [2.05, 4.69) is 39.8 Å². The molecule has 0 bridgehead atoms. The minimum atomic E-state index is -0.274. The first-order valence-corrected chi connectivity index (χ1v) is 12.6. The van der Waals surface area contributed by atoms with Gasteiger partial charge in [-0.2, -0.15) is 0 Å². The summed E-state index contributed by atoms with van der Waals surface area (Å²) < 4.78 is 13.8. The number of nitrogens with zero attached hydrogens (tertiary/aromatic N) is 4. The standard InChI is InChI=1S/C30H28N4O3/c1-33-27-11-14-31-19-26(27)25-9-7-22(17-28(25)33)23-8-10-29(32-18-23)37-24-12-15-34(16-13-24)30(35)36-20-21-5-3-2-4-6-21/h2-11,14,17-19,24H,12-13,15-16,20H2,1H3. The number of aryl methyl sites for hydroxylation is 1. The van der Waals surface area contributed by atoms with E-state index in [4.69, 9.17) is 9.47 Å². The van der Waals surface area contributed by atoms with Gasteiger partial charge < -0.3 is 18.9 Å². The fraction of sp³-hybridized carbons (Fsp3) is 0.233. The van der Waals surface area contributed by atoms with E-state index in [1.165, 1.54) is 10.9 Å². The van der Waals surface area contributed by atoms with E-state index in [9.17, 15) is 4.79 Å². The van der Waals surface area contributed by atoms with Crippen molar-refractivity contribution >= 4 is 27.9 Å². The summed E-state index contributed by atoms with van der Waals surface area (Å²) >= 11 is 0. The van der Waals surface area contributed by atoms with Crippen LogP contribution in [0, 0.1) is 0 Å². The van der Waals surface area contributed by atoms with Crippen molar-refractivity contribution < 1.29 is 14.3 Å². The van der Waals surface area contributed by atoms with E-state index in [1.807, 2.05) is 67.1 Å². The van der Waals surface area contributed by atoms with Crippen molar-refractivity contribution in [3.8, 4) is 17.0 Å². The number of hydrogen-bond donors (Lipinski definition) is 0. The van der Waals surface area contributed by atoms with Gasteiger partial charge in [-0.3, -0.25) is 4.98 Å². The highest BCUT2D eigenvalue weighted by Gasteiger charge is 2.25. The zero-order valence-corrected chi connectivity index (χ0v) is 20.7. The second-order valence-corrected chi connectivity index (χ2v) is 9.41. The number of hydrogen-bond acceptors (Lipinski definition) is 5. The maximum atomic E-state index is 12.4. The molecule has 7 nitrogen and oxygen atoms in total. The van der Waals surface area contributed by atoms with Crippen molar-refractivity contribution in [1.29, 1.82) is 0 Å². The predicted molar refractivity (Wildman–Crippen MR) is 143 cm³/mol. The van der Waals surface area contributed by atoms with E-state index in [-0.39, 0.29) is 18.8 Å². The van der Waals surface area contributed by atoms with Gasteiger partial charge in [0.2, 0.25) is 5.88 Å². The summed E-state index contributed by atoms with van der Waals surface area (Å²) in [5.74, 6) is 0.602. The van der Waals surface area contributed by atoms with Crippen LogP contribution in [0.15, 0.2) is 85.3 Å². The minimum absolute atomic E-state index is 0.0253. The summed E-state index contributed by atoms with van der Waals surface area (Å²) in [5, 5.41) is 2.35. The van der Waals surface area contributed by atoms with Crippen molar-refractivity contribution in [3.63, 3.8) is 0 Å². The van der Waals surface area contributed by atoms with Gasteiger partial charge in [0, 0.05) is 79.5 Å². The van der Waals surface area contributed by atoms with Gasteiger partial charge in [0.05, 0.1) is 5.52 Å². The first-order chi connectivity index (χ1) is 18.2. The average Bonchev–Trinajstić information content (AvgIpc) is 3.24. The summed E-state index contributed by atoms with van der Waals surface area (Å²) in [4.78, 5) is 23.0. The summed E-state index contributed by atoms with van der Waals surface area (Å²) in [6, 6.07) is 22.2. The topological polar surface area (TPSA) is 69.5 Å². The van der Waals surface area contributed by atoms with Crippen LogP contribution in [-0.2, 0) is 18.4 Å². The molecule has 0 N–H and O–H groups in total. The van der Waals surface area contributed by atoms with Crippen LogP contribution < -0.4 is 4.74 Å². The van der Waals surface area contributed by atoms with Crippen LogP contribution in [-0.4, -0.2) is 44.7 Å². The number of ether oxygens (including phenoxy) is 2. The summed E-state index contributed by atoms with van der Waals surface area (Å²) in [6.45, 7) is 1.50. The lowest BCUT2D eigenvalue weighted by Gasteiger charge is -2.31. The number of aromatic nitrogens is 3. The zero-order valence-electron chi connectivity index (χ0n) is 20.7. The molecule has 0 saturated carbocycles. The molecule has 0 atom stereocenters. The third-order valence-corrected chi connectivity index (χ3v) is 7.07. The van der Waals surface area contributed by atoms with E-state index in [0.29, 0.717) is 19.0 Å². The fourth-order valence-electron chi connectivity index (χ4n) is 4.99. The van der Waals surface area contributed by atoms with E-state index in [0.717, 1.165) is 40.4 Å². The molecule has 0 radical (unpaired) electrons. The van der Waals surface area contributed by atoms with Crippen molar-refractivity contribution in [1.82, 2.24) is 19.4 Å². The lowest BCUT2D eigenvalue weighted by Crippen LogP contribution is -2.42. The van der Waals surface area contributed by atoms with Crippen molar-refractivity contribution in [2.75, 3.05) is 13.1 Å². The highest BCUT2D eigenvalue weighted by Crippen LogP contribution is 2.31. The number of carbonyl (C=O) groups is 1. The van der Waals surface area contributed by atoms with Crippen LogP contribution in [0.5, 0.6) is 5.88 Å². The quantitative estimate of drug-likeness (QED) is 0.302. The Morgan fingerprint density at radius 3 is 2.51 bits per heavy atom. The van der Waals surface area contributed by atoms with Gasteiger partial charge in [0.15, 0.2) is 0 Å². The molecule has 0 aliphatic carbocycles. The Hall–Kier alpha value is -4.39. The Morgan fingerprint density at radius 1 is 0.919 bits per heavy atom. The molecule has 1 fully saturated rings. The molecule has 1 aliphatic rings. The third kappa shape index (κ3) is 4.72. The van der Waals surface area contributed by atoms with Gasteiger partial charge in [-0.15, -0.1) is 0 Å². The first kappa shape index (κ1) is 23.0. The average molecular weight is 493 g/mol. The largest absolute Gasteiger partial charge is 0.474 e. The van der Waals surface area contributed by atoms with E-state index < -0.39 is 0 Å². The number of pyridine rings is 2. The SMILES string of the molecule is Cn1c2ccncc2c2ccc(-c3ccc(OC4CCN(C(=O)OCc5ccccc5)CC4)nc3)cc21. The lowest BCUT2D eigenvalue weighted by molar-refractivity contribution is 0.0625. The van der Waals surface area contributed by atoms with Crippen molar-refractivity contribution in [2.45, 2.75) is 25.6 Å². The molecule has 3 aromatic heterocycles. The highest BCUT2D eigenvalue weighted by molar-refractivity contribution is 6.08. The van der Waals surface area contributed by atoms with Crippen LogP contribution in [0.3, 0.4) is 0 Å². The number of amides is 1. The second kappa shape index (κ2) is 9.93. The van der Waals surface area contributed by atoms with Gasteiger partial charge in [-0.25, -0.2) is 9.78 Å². The van der Waals surface area contributed by atoms with Crippen LogP contribution in [0.2, 0.25) is 0 Å². The number of carbonyl (C=O) groups excluding carboxylic acids is 1. The van der Waals surface area contributed by atoms with Crippen molar-refractivity contribution in [3.05, 3.63) is 90.9 Å². The summed E-state index contributed by atoms with van der Waals surface area (Å²) in [7, 11) is 2.08. The smallest absolute Gasteiger partial charge is 0.410 e. The van der Waals surface area contributed by atoms with Crippen LogP contribution in [0.4, 0.5) is 4.79 Å². The molecule has 2 aromatic carbocycles. The lowest BCUT2D eigenvalue weighted by atomic mass is 10.1.